The van der Waals surface area contributed by atoms with Crippen molar-refractivity contribution >= 4 is 5.97 Å². The molecule has 1 aromatic carbocycles. The summed E-state index contributed by atoms with van der Waals surface area (Å²) in [5.74, 6) is -0.958. The second kappa shape index (κ2) is 8.92. The number of nitrogens with zero attached hydrogens (tertiary/aromatic N) is 2. The third-order valence-electron chi connectivity index (χ3n) is 5.16. The monoisotopic (exact) mass is 354 g/mol. The van der Waals surface area contributed by atoms with Crippen molar-refractivity contribution in [3.8, 4) is 0 Å². The molecular formula is C21H26N2O3. The predicted molar refractivity (Wildman–Crippen MR) is 99.9 cm³/mol. The molecule has 3 rings (SSSR count). The van der Waals surface area contributed by atoms with Gasteiger partial charge in [-0.3, -0.25) is 9.88 Å². The Morgan fingerprint density at radius 2 is 1.85 bits per heavy atom. The van der Waals surface area contributed by atoms with E-state index in [2.05, 4.69) is 9.88 Å². The Morgan fingerprint density at radius 3 is 2.54 bits per heavy atom. The van der Waals surface area contributed by atoms with Crippen LogP contribution in [-0.2, 0) is 6.54 Å². The van der Waals surface area contributed by atoms with E-state index < -0.39 is 12.1 Å². The smallest absolute Gasteiger partial charge is 0.337 e. The number of benzene rings is 1. The zero-order valence-corrected chi connectivity index (χ0v) is 14.9. The minimum Gasteiger partial charge on any atom is -0.478 e. The number of hydrogen-bond donors (Lipinski definition) is 2. The molecule has 0 saturated heterocycles. The van der Waals surface area contributed by atoms with Crippen molar-refractivity contribution in [3.63, 3.8) is 0 Å². The van der Waals surface area contributed by atoms with Crippen molar-refractivity contribution in [3.05, 3.63) is 65.5 Å². The lowest BCUT2D eigenvalue weighted by atomic mass is 9.93. The highest BCUT2D eigenvalue weighted by Crippen LogP contribution is 2.26. The van der Waals surface area contributed by atoms with Crippen LogP contribution in [0.4, 0.5) is 0 Å². The van der Waals surface area contributed by atoms with Gasteiger partial charge in [0, 0.05) is 25.3 Å². The number of carboxylic acids is 1. The Morgan fingerprint density at radius 1 is 1.12 bits per heavy atom. The van der Waals surface area contributed by atoms with Crippen LogP contribution in [0.15, 0.2) is 48.7 Å². The summed E-state index contributed by atoms with van der Waals surface area (Å²) in [5, 5.41) is 20.1. The van der Waals surface area contributed by atoms with Crippen molar-refractivity contribution in [2.75, 3.05) is 6.54 Å². The van der Waals surface area contributed by atoms with E-state index in [0.29, 0.717) is 24.8 Å². The first-order valence-electron chi connectivity index (χ1n) is 9.29. The van der Waals surface area contributed by atoms with Gasteiger partial charge in [0.1, 0.15) is 0 Å². The summed E-state index contributed by atoms with van der Waals surface area (Å²) >= 11 is 0. The molecule has 5 nitrogen and oxygen atoms in total. The second-order valence-corrected chi connectivity index (χ2v) is 6.95. The molecule has 1 aliphatic rings. The number of hydrogen-bond acceptors (Lipinski definition) is 4. The van der Waals surface area contributed by atoms with Gasteiger partial charge in [-0.1, -0.05) is 49.6 Å². The lowest BCUT2D eigenvalue weighted by Gasteiger charge is -2.35. The highest BCUT2D eigenvalue weighted by Gasteiger charge is 2.25. The zero-order chi connectivity index (χ0) is 18.4. The largest absolute Gasteiger partial charge is 0.478 e. The number of aliphatic hydroxyl groups excluding tert-OH is 1. The minimum atomic E-state index is -0.958. The van der Waals surface area contributed by atoms with Crippen molar-refractivity contribution in [1.82, 2.24) is 9.88 Å². The van der Waals surface area contributed by atoms with Crippen LogP contribution >= 0.6 is 0 Å². The first-order chi connectivity index (χ1) is 12.6. The van der Waals surface area contributed by atoms with Gasteiger partial charge in [0.25, 0.3) is 0 Å². The zero-order valence-electron chi connectivity index (χ0n) is 14.9. The van der Waals surface area contributed by atoms with E-state index in [4.69, 9.17) is 0 Å². The predicted octanol–water partition coefficient (Wildman–Crippen LogP) is 3.65. The van der Waals surface area contributed by atoms with Crippen LogP contribution in [0.3, 0.4) is 0 Å². The summed E-state index contributed by atoms with van der Waals surface area (Å²) in [6.45, 7) is 0.918. The topological polar surface area (TPSA) is 73.7 Å². The van der Waals surface area contributed by atoms with Crippen LogP contribution in [0.5, 0.6) is 0 Å². The number of aromatic carboxylic acids is 1. The number of aliphatic hydroxyl groups is 1. The Labute approximate surface area is 154 Å². The molecule has 0 spiro atoms. The Balaban J connectivity index is 1.80. The van der Waals surface area contributed by atoms with E-state index >= 15 is 0 Å². The Kier molecular flexibility index (Phi) is 6.36. The summed E-state index contributed by atoms with van der Waals surface area (Å²) in [7, 11) is 0. The molecule has 1 heterocycles. The molecule has 1 aromatic heterocycles. The number of carbonyl (C=O) groups is 1. The van der Waals surface area contributed by atoms with Crippen LogP contribution < -0.4 is 0 Å². The average molecular weight is 354 g/mol. The van der Waals surface area contributed by atoms with Gasteiger partial charge in [0.2, 0.25) is 0 Å². The summed E-state index contributed by atoms with van der Waals surface area (Å²) < 4.78 is 0. The SMILES string of the molecule is O=C(O)c1cccnc1CN(CC(O)c1ccccc1)C1CCCCC1. The Bertz CT molecular complexity index is 714. The van der Waals surface area contributed by atoms with Gasteiger partial charge in [-0.05, 0) is 30.5 Å². The van der Waals surface area contributed by atoms with Crippen LogP contribution in [0.25, 0.3) is 0 Å². The molecule has 138 valence electrons. The van der Waals surface area contributed by atoms with E-state index in [-0.39, 0.29) is 5.56 Å². The maximum Gasteiger partial charge on any atom is 0.337 e. The van der Waals surface area contributed by atoms with Crippen molar-refractivity contribution < 1.29 is 15.0 Å². The van der Waals surface area contributed by atoms with Crippen molar-refractivity contribution in [1.29, 1.82) is 0 Å². The fourth-order valence-electron chi connectivity index (χ4n) is 3.74. The van der Waals surface area contributed by atoms with Crippen LogP contribution in [0.2, 0.25) is 0 Å². The first-order valence-corrected chi connectivity index (χ1v) is 9.29. The molecule has 1 aliphatic carbocycles. The van der Waals surface area contributed by atoms with Crippen molar-refractivity contribution in [2.45, 2.75) is 50.8 Å². The second-order valence-electron chi connectivity index (χ2n) is 6.95. The molecule has 0 radical (unpaired) electrons. The normalized spacial score (nSPS) is 16.5. The number of rotatable bonds is 7. The van der Waals surface area contributed by atoms with Gasteiger partial charge in [-0.25, -0.2) is 4.79 Å². The molecule has 26 heavy (non-hydrogen) atoms. The molecule has 1 unspecified atom stereocenters. The van der Waals surface area contributed by atoms with E-state index in [1.807, 2.05) is 30.3 Å². The molecule has 0 amide bonds. The average Bonchev–Trinajstić information content (AvgIpc) is 2.69. The third-order valence-corrected chi connectivity index (χ3v) is 5.16. The first kappa shape index (κ1) is 18.5. The molecule has 0 bridgehead atoms. The van der Waals surface area contributed by atoms with E-state index in [9.17, 15) is 15.0 Å². The molecule has 1 fully saturated rings. The minimum absolute atomic E-state index is 0.238. The molecule has 1 saturated carbocycles. The van der Waals surface area contributed by atoms with E-state index in [1.165, 1.54) is 19.3 Å². The van der Waals surface area contributed by atoms with Crippen LogP contribution in [-0.4, -0.2) is 38.7 Å². The molecule has 1 atom stereocenters. The summed E-state index contributed by atoms with van der Waals surface area (Å²) in [6, 6.07) is 13.2. The molecular weight excluding hydrogens is 328 g/mol. The van der Waals surface area contributed by atoms with Crippen LogP contribution in [0, 0.1) is 0 Å². The molecule has 0 aliphatic heterocycles. The van der Waals surface area contributed by atoms with Gasteiger partial charge in [-0.15, -0.1) is 0 Å². The highest BCUT2D eigenvalue weighted by atomic mass is 16.4. The molecule has 2 aromatic rings. The Hall–Kier alpha value is -2.24. The van der Waals surface area contributed by atoms with E-state index in [1.54, 1.807) is 18.3 Å². The van der Waals surface area contributed by atoms with Gasteiger partial charge < -0.3 is 10.2 Å². The maximum absolute atomic E-state index is 11.5. The van der Waals surface area contributed by atoms with Gasteiger partial charge in [-0.2, -0.15) is 0 Å². The lowest BCUT2D eigenvalue weighted by Crippen LogP contribution is -2.39. The van der Waals surface area contributed by atoms with Crippen molar-refractivity contribution in [2.24, 2.45) is 0 Å². The van der Waals surface area contributed by atoms with Crippen LogP contribution in [0.1, 0.15) is 59.8 Å². The fourth-order valence-corrected chi connectivity index (χ4v) is 3.74. The maximum atomic E-state index is 11.5. The quantitative estimate of drug-likeness (QED) is 0.794. The number of carboxylic acid groups (broad SMARTS) is 1. The lowest BCUT2D eigenvalue weighted by molar-refractivity contribution is 0.0638. The fraction of sp³-hybridized carbons (Fsp3) is 0.429. The number of aromatic nitrogens is 1. The van der Waals surface area contributed by atoms with Gasteiger partial charge in [0.05, 0.1) is 17.4 Å². The summed E-state index contributed by atoms with van der Waals surface area (Å²) in [5.41, 5.74) is 1.68. The summed E-state index contributed by atoms with van der Waals surface area (Å²) in [4.78, 5) is 18.0. The van der Waals surface area contributed by atoms with E-state index in [0.717, 1.165) is 18.4 Å². The number of pyridine rings is 1. The summed E-state index contributed by atoms with van der Waals surface area (Å²) in [6.07, 6.45) is 6.79. The van der Waals surface area contributed by atoms with Gasteiger partial charge in [0.15, 0.2) is 0 Å². The third kappa shape index (κ3) is 4.68. The highest BCUT2D eigenvalue weighted by molar-refractivity contribution is 5.88. The standard InChI is InChI=1S/C21H26N2O3/c24-20(16-8-3-1-4-9-16)15-23(17-10-5-2-6-11-17)14-19-18(21(25)26)12-7-13-22-19/h1,3-4,7-9,12-13,17,20,24H,2,5-6,10-11,14-15H2,(H,25,26). The molecule has 2 N–H and O–H groups in total. The molecule has 5 heteroatoms. The van der Waals surface area contributed by atoms with Gasteiger partial charge >= 0.3 is 5.97 Å².